The summed E-state index contributed by atoms with van der Waals surface area (Å²) in [6, 6.07) is 8.11. The van der Waals surface area contributed by atoms with E-state index in [0.29, 0.717) is 13.0 Å². The molecule has 0 aromatic heterocycles. The topological polar surface area (TPSA) is 50.4 Å². The monoisotopic (exact) mass is 326 g/mol. The molecule has 2 atom stereocenters. The number of benzene rings is 1. The van der Waals surface area contributed by atoms with Gasteiger partial charge in [0.1, 0.15) is 0 Å². The van der Waals surface area contributed by atoms with Crippen LogP contribution in [0.4, 0.5) is 0 Å². The fourth-order valence-corrected chi connectivity index (χ4v) is 2.55. The average Bonchev–Trinajstić information content (AvgIpc) is 2.39. The molecule has 1 aliphatic rings. The molecule has 1 aromatic rings. The van der Waals surface area contributed by atoms with Crippen molar-refractivity contribution in [2.24, 2.45) is 0 Å². The lowest BCUT2D eigenvalue weighted by atomic mass is 10.1. The van der Waals surface area contributed by atoms with E-state index in [1.807, 2.05) is 31.2 Å². The third kappa shape index (κ3) is 4.60. The van der Waals surface area contributed by atoms with E-state index in [1.54, 1.807) is 0 Å². The number of hydrogen-bond acceptors (Lipinski definition) is 3. The summed E-state index contributed by atoms with van der Waals surface area (Å²) in [5, 5.41) is 6.29. The van der Waals surface area contributed by atoms with Crippen molar-refractivity contribution in [3.63, 3.8) is 0 Å². The zero-order chi connectivity index (χ0) is 13.7. The number of nitrogens with one attached hydrogen (secondary N) is 2. The maximum Gasteiger partial charge on any atom is 0.222 e. The van der Waals surface area contributed by atoms with Crippen molar-refractivity contribution < 1.29 is 9.53 Å². The highest BCUT2D eigenvalue weighted by Gasteiger charge is 2.18. The van der Waals surface area contributed by atoms with Crippen LogP contribution >= 0.6 is 15.9 Å². The lowest BCUT2D eigenvalue weighted by molar-refractivity contribution is -0.122. The Kier molecular flexibility index (Phi) is 5.36. The predicted molar refractivity (Wildman–Crippen MR) is 77.9 cm³/mol. The zero-order valence-corrected chi connectivity index (χ0v) is 12.6. The SMILES string of the molecule is CC(NC(=O)CC1COCCN1)c1cccc(Br)c1. The van der Waals surface area contributed by atoms with E-state index in [-0.39, 0.29) is 18.0 Å². The Labute approximate surface area is 122 Å². The summed E-state index contributed by atoms with van der Waals surface area (Å²) >= 11 is 3.44. The predicted octanol–water partition coefficient (Wildman–Crippen LogP) is 2.00. The highest BCUT2D eigenvalue weighted by atomic mass is 79.9. The maximum atomic E-state index is 12.0. The molecule has 0 aliphatic carbocycles. The smallest absolute Gasteiger partial charge is 0.222 e. The molecule has 2 unspecified atom stereocenters. The second kappa shape index (κ2) is 7.03. The fourth-order valence-electron chi connectivity index (χ4n) is 2.13. The van der Waals surface area contributed by atoms with Gasteiger partial charge in [-0.05, 0) is 24.6 Å². The van der Waals surface area contributed by atoms with E-state index in [0.717, 1.165) is 23.2 Å². The Hall–Kier alpha value is -0.910. The van der Waals surface area contributed by atoms with Gasteiger partial charge in [0.15, 0.2) is 0 Å². The Bertz CT molecular complexity index is 433. The molecule has 104 valence electrons. The Morgan fingerprint density at radius 3 is 3.16 bits per heavy atom. The minimum absolute atomic E-state index is 0.00880. The molecule has 0 radical (unpaired) electrons. The van der Waals surface area contributed by atoms with E-state index >= 15 is 0 Å². The molecular weight excluding hydrogens is 308 g/mol. The quantitative estimate of drug-likeness (QED) is 0.889. The summed E-state index contributed by atoms with van der Waals surface area (Å²) in [5.74, 6) is 0.0514. The van der Waals surface area contributed by atoms with Crippen LogP contribution in [0, 0.1) is 0 Å². The molecule has 19 heavy (non-hydrogen) atoms. The van der Waals surface area contributed by atoms with Gasteiger partial charge in [0.25, 0.3) is 0 Å². The Balaban J connectivity index is 1.84. The first-order valence-electron chi connectivity index (χ1n) is 6.51. The molecule has 2 rings (SSSR count). The highest BCUT2D eigenvalue weighted by molar-refractivity contribution is 9.10. The number of carbonyl (C=O) groups is 1. The molecule has 2 N–H and O–H groups in total. The number of carbonyl (C=O) groups excluding carboxylic acids is 1. The van der Waals surface area contributed by atoms with Gasteiger partial charge in [-0.25, -0.2) is 0 Å². The molecular formula is C14H19BrN2O2. The van der Waals surface area contributed by atoms with Crippen molar-refractivity contribution in [3.8, 4) is 0 Å². The Morgan fingerprint density at radius 1 is 1.63 bits per heavy atom. The van der Waals surface area contributed by atoms with E-state index in [4.69, 9.17) is 4.74 Å². The van der Waals surface area contributed by atoms with Crippen LogP contribution in [0.5, 0.6) is 0 Å². The third-order valence-electron chi connectivity index (χ3n) is 3.16. The molecule has 0 saturated carbocycles. The van der Waals surface area contributed by atoms with Crippen molar-refractivity contribution >= 4 is 21.8 Å². The van der Waals surface area contributed by atoms with Crippen LogP contribution in [0.2, 0.25) is 0 Å². The van der Waals surface area contributed by atoms with Gasteiger partial charge in [0, 0.05) is 23.5 Å². The molecule has 1 fully saturated rings. The standard InChI is InChI=1S/C14H19BrN2O2/c1-10(11-3-2-4-12(15)7-11)17-14(18)8-13-9-19-6-5-16-13/h2-4,7,10,13,16H,5-6,8-9H2,1H3,(H,17,18). The van der Waals surface area contributed by atoms with Crippen LogP contribution in [-0.4, -0.2) is 31.7 Å². The van der Waals surface area contributed by atoms with Gasteiger partial charge in [-0.3, -0.25) is 4.79 Å². The van der Waals surface area contributed by atoms with Crippen molar-refractivity contribution in [1.82, 2.24) is 10.6 Å². The molecule has 1 aromatic carbocycles. The molecule has 1 heterocycles. The Morgan fingerprint density at radius 2 is 2.47 bits per heavy atom. The summed E-state index contributed by atoms with van der Waals surface area (Å²) in [5.41, 5.74) is 1.09. The number of hydrogen-bond donors (Lipinski definition) is 2. The minimum atomic E-state index is 0.00880. The molecule has 5 heteroatoms. The summed E-state index contributed by atoms with van der Waals surface area (Å²) in [6.45, 7) is 4.15. The van der Waals surface area contributed by atoms with Crippen LogP contribution in [0.1, 0.15) is 24.9 Å². The van der Waals surface area contributed by atoms with Crippen molar-refractivity contribution in [3.05, 3.63) is 34.3 Å². The first kappa shape index (κ1) is 14.5. The molecule has 1 amide bonds. The van der Waals surface area contributed by atoms with Gasteiger partial charge in [-0.15, -0.1) is 0 Å². The van der Waals surface area contributed by atoms with Gasteiger partial charge in [0.05, 0.1) is 19.3 Å². The normalized spacial score (nSPS) is 20.8. The van der Waals surface area contributed by atoms with Crippen molar-refractivity contribution in [2.75, 3.05) is 19.8 Å². The van der Waals surface area contributed by atoms with E-state index in [1.165, 1.54) is 0 Å². The molecule has 0 spiro atoms. The number of amides is 1. The first-order valence-corrected chi connectivity index (χ1v) is 7.30. The van der Waals surface area contributed by atoms with Gasteiger partial charge < -0.3 is 15.4 Å². The first-order chi connectivity index (χ1) is 9.15. The fraction of sp³-hybridized carbons (Fsp3) is 0.500. The van der Waals surface area contributed by atoms with E-state index in [2.05, 4.69) is 26.6 Å². The van der Waals surface area contributed by atoms with Crippen LogP contribution in [-0.2, 0) is 9.53 Å². The van der Waals surface area contributed by atoms with E-state index in [9.17, 15) is 4.79 Å². The van der Waals surface area contributed by atoms with Crippen molar-refractivity contribution in [1.29, 1.82) is 0 Å². The number of morpholine rings is 1. The van der Waals surface area contributed by atoms with Gasteiger partial charge in [-0.2, -0.15) is 0 Å². The van der Waals surface area contributed by atoms with Crippen LogP contribution in [0.15, 0.2) is 28.7 Å². The largest absolute Gasteiger partial charge is 0.378 e. The number of rotatable bonds is 4. The summed E-state index contributed by atoms with van der Waals surface area (Å²) in [4.78, 5) is 12.0. The van der Waals surface area contributed by atoms with Gasteiger partial charge >= 0.3 is 0 Å². The average molecular weight is 327 g/mol. The minimum Gasteiger partial charge on any atom is -0.378 e. The van der Waals surface area contributed by atoms with Gasteiger partial charge in [0.2, 0.25) is 5.91 Å². The highest BCUT2D eigenvalue weighted by Crippen LogP contribution is 2.18. The molecule has 0 bridgehead atoms. The number of ether oxygens (including phenoxy) is 1. The second-order valence-electron chi connectivity index (χ2n) is 4.77. The van der Waals surface area contributed by atoms with Crippen LogP contribution < -0.4 is 10.6 Å². The molecule has 4 nitrogen and oxygen atoms in total. The second-order valence-corrected chi connectivity index (χ2v) is 5.69. The summed E-state index contributed by atoms with van der Waals surface area (Å²) < 4.78 is 6.36. The van der Waals surface area contributed by atoms with Crippen LogP contribution in [0.3, 0.4) is 0 Å². The van der Waals surface area contributed by atoms with Crippen LogP contribution in [0.25, 0.3) is 0 Å². The van der Waals surface area contributed by atoms with Gasteiger partial charge in [-0.1, -0.05) is 28.1 Å². The summed E-state index contributed by atoms with van der Waals surface area (Å²) in [6.07, 6.45) is 0.457. The maximum absolute atomic E-state index is 12.0. The molecule has 1 saturated heterocycles. The van der Waals surface area contributed by atoms with E-state index < -0.39 is 0 Å². The molecule has 1 aliphatic heterocycles. The third-order valence-corrected chi connectivity index (χ3v) is 3.65. The lowest BCUT2D eigenvalue weighted by Gasteiger charge is -2.24. The summed E-state index contributed by atoms with van der Waals surface area (Å²) in [7, 11) is 0. The lowest BCUT2D eigenvalue weighted by Crippen LogP contribution is -2.44. The zero-order valence-electron chi connectivity index (χ0n) is 11.0. The number of halogens is 1. The van der Waals surface area contributed by atoms with Crippen molar-refractivity contribution in [2.45, 2.75) is 25.4 Å².